The summed E-state index contributed by atoms with van der Waals surface area (Å²) in [5, 5.41) is 0. The predicted molar refractivity (Wildman–Crippen MR) is 97.3 cm³/mol. The van der Waals surface area contributed by atoms with Crippen LogP contribution in [0.15, 0.2) is 30.3 Å². The molecule has 5 heteroatoms. The average Bonchev–Trinajstić information content (AvgIpc) is 2.67. The summed E-state index contributed by atoms with van der Waals surface area (Å²) in [6.07, 6.45) is 2.58. The lowest BCUT2D eigenvalue weighted by atomic mass is 9.86. The Kier molecular flexibility index (Phi) is 6.84. The lowest BCUT2D eigenvalue weighted by Crippen LogP contribution is -2.53. The van der Waals surface area contributed by atoms with Gasteiger partial charge in [-0.05, 0) is 30.9 Å². The first-order valence-corrected chi connectivity index (χ1v) is 9.41. The second kappa shape index (κ2) is 9.32. The molecule has 2 aliphatic heterocycles. The van der Waals surface area contributed by atoms with Gasteiger partial charge in [-0.1, -0.05) is 30.3 Å². The van der Waals surface area contributed by atoms with Gasteiger partial charge in [0, 0.05) is 38.6 Å². The Hall–Kier alpha value is -1.43. The molecule has 0 saturated carbocycles. The fourth-order valence-electron chi connectivity index (χ4n) is 4.16. The van der Waals surface area contributed by atoms with Crippen molar-refractivity contribution in [3.8, 4) is 0 Å². The predicted octanol–water partition coefficient (Wildman–Crippen LogP) is 2.16. The lowest BCUT2D eigenvalue weighted by Gasteiger charge is -2.45. The van der Waals surface area contributed by atoms with Gasteiger partial charge >= 0.3 is 5.97 Å². The molecule has 0 N–H and O–H groups in total. The first-order chi connectivity index (χ1) is 12.3. The number of benzene rings is 1. The number of esters is 1. The van der Waals surface area contributed by atoms with Crippen molar-refractivity contribution in [1.82, 2.24) is 9.80 Å². The number of carbonyl (C=O) groups is 1. The minimum absolute atomic E-state index is 0.0964. The van der Waals surface area contributed by atoms with Gasteiger partial charge in [0.25, 0.3) is 0 Å². The average molecular weight is 346 g/mol. The van der Waals surface area contributed by atoms with Crippen molar-refractivity contribution in [1.29, 1.82) is 0 Å². The summed E-state index contributed by atoms with van der Waals surface area (Å²) in [6, 6.07) is 11.2. The summed E-state index contributed by atoms with van der Waals surface area (Å²) in [4.78, 5) is 16.8. The molecule has 1 aromatic carbocycles. The van der Waals surface area contributed by atoms with Crippen LogP contribution in [0.25, 0.3) is 0 Å². The number of morpholine rings is 1. The third kappa shape index (κ3) is 5.27. The van der Waals surface area contributed by atoms with Crippen LogP contribution in [-0.4, -0.2) is 68.3 Å². The zero-order valence-corrected chi connectivity index (χ0v) is 15.2. The standard InChI is InChI=1S/C20H30N2O3/c1-24-20(23)8-7-18-16-21(15-17-5-3-2-4-6-17)10-9-19(18)22-11-13-25-14-12-22/h2-6,18-19H,7-16H2,1H3/t18-,19-/m1/s1. The molecule has 1 aromatic rings. The van der Waals surface area contributed by atoms with Crippen LogP contribution in [0.2, 0.25) is 0 Å². The minimum atomic E-state index is -0.0964. The smallest absolute Gasteiger partial charge is 0.305 e. The highest BCUT2D eigenvalue weighted by molar-refractivity contribution is 5.69. The highest BCUT2D eigenvalue weighted by Gasteiger charge is 2.34. The Labute approximate surface area is 150 Å². The van der Waals surface area contributed by atoms with Crippen LogP contribution in [0.1, 0.15) is 24.8 Å². The maximum absolute atomic E-state index is 11.6. The van der Waals surface area contributed by atoms with Crippen LogP contribution in [-0.2, 0) is 20.8 Å². The molecule has 2 saturated heterocycles. The summed E-state index contributed by atoms with van der Waals surface area (Å²) >= 11 is 0. The molecule has 0 aromatic heterocycles. The molecule has 0 bridgehead atoms. The molecular weight excluding hydrogens is 316 g/mol. The number of nitrogens with zero attached hydrogens (tertiary/aromatic N) is 2. The highest BCUT2D eigenvalue weighted by Crippen LogP contribution is 2.28. The van der Waals surface area contributed by atoms with E-state index in [1.807, 2.05) is 0 Å². The van der Waals surface area contributed by atoms with Gasteiger partial charge in [0.2, 0.25) is 0 Å². The first-order valence-electron chi connectivity index (χ1n) is 9.41. The Morgan fingerprint density at radius 3 is 2.68 bits per heavy atom. The third-order valence-electron chi connectivity index (χ3n) is 5.49. The normalized spacial score (nSPS) is 25.6. The Morgan fingerprint density at radius 1 is 1.20 bits per heavy atom. The fraction of sp³-hybridized carbons (Fsp3) is 0.650. The molecule has 138 valence electrons. The topological polar surface area (TPSA) is 42.0 Å². The van der Waals surface area contributed by atoms with E-state index in [4.69, 9.17) is 9.47 Å². The SMILES string of the molecule is COC(=O)CC[C@@H]1CN(Cc2ccccc2)CC[C@H]1N1CCOCC1. The van der Waals surface area contributed by atoms with E-state index in [0.29, 0.717) is 18.4 Å². The highest BCUT2D eigenvalue weighted by atomic mass is 16.5. The molecule has 2 fully saturated rings. The molecule has 0 aliphatic carbocycles. The molecule has 2 heterocycles. The van der Waals surface area contributed by atoms with Crippen LogP contribution in [0, 0.1) is 5.92 Å². The van der Waals surface area contributed by atoms with Gasteiger partial charge in [-0.3, -0.25) is 14.6 Å². The molecule has 0 amide bonds. The fourth-order valence-corrected chi connectivity index (χ4v) is 4.16. The summed E-state index contributed by atoms with van der Waals surface area (Å²) < 4.78 is 10.4. The maximum Gasteiger partial charge on any atom is 0.305 e. The van der Waals surface area contributed by atoms with E-state index in [2.05, 4.69) is 40.1 Å². The van der Waals surface area contributed by atoms with Gasteiger partial charge in [-0.15, -0.1) is 0 Å². The molecule has 2 aliphatic rings. The van der Waals surface area contributed by atoms with Crippen LogP contribution >= 0.6 is 0 Å². The molecule has 0 unspecified atom stereocenters. The quantitative estimate of drug-likeness (QED) is 0.739. The van der Waals surface area contributed by atoms with Crippen molar-refractivity contribution < 1.29 is 14.3 Å². The zero-order valence-electron chi connectivity index (χ0n) is 15.2. The second-order valence-electron chi connectivity index (χ2n) is 7.10. The number of likely N-dealkylation sites (tertiary alicyclic amines) is 1. The molecule has 0 spiro atoms. The monoisotopic (exact) mass is 346 g/mol. The van der Waals surface area contributed by atoms with E-state index in [1.165, 1.54) is 19.1 Å². The van der Waals surface area contributed by atoms with Crippen LogP contribution in [0.5, 0.6) is 0 Å². The number of hydrogen-bond donors (Lipinski definition) is 0. The Balaban J connectivity index is 1.62. The summed E-state index contributed by atoms with van der Waals surface area (Å²) in [5.41, 5.74) is 1.36. The number of carbonyl (C=O) groups excluding carboxylic acids is 1. The number of piperidine rings is 1. The summed E-state index contributed by atoms with van der Waals surface area (Å²) in [7, 11) is 1.48. The van der Waals surface area contributed by atoms with E-state index < -0.39 is 0 Å². The van der Waals surface area contributed by atoms with Crippen LogP contribution in [0.4, 0.5) is 0 Å². The molecular formula is C20H30N2O3. The number of ether oxygens (including phenoxy) is 2. The summed E-state index contributed by atoms with van der Waals surface area (Å²) in [6.45, 7) is 6.84. The van der Waals surface area contributed by atoms with Crippen molar-refractivity contribution in [3.05, 3.63) is 35.9 Å². The van der Waals surface area contributed by atoms with E-state index >= 15 is 0 Å². The minimum Gasteiger partial charge on any atom is -0.469 e. The van der Waals surface area contributed by atoms with Gasteiger partial charge in [-0.2, -0.15) is 0 Å². The molecule has 2 atom stereocenters. The van der Waals surface area contributed by atoms with Crippen molar-refractivity contribution in [2.75, 3.05) is 46.5 Å². The third-order valence-corrected chi connectivity index (χ3v) is 5.49. The van der Waals surface area contributed by atoms with Crippen LogP contribution in [0.3, 0.4) is 0 Å². The van der Waals surface area contributed by atoms with Gasteiger partial charge in [0.05, 0.1) is 20.3 Å². The van der Waals surface area contributed by atoms with Gasteiger partial charge in [-0.25, -0.2) is 0 Å². The maximum atomic E-state index is 11.6. The Morgan fingerprint density at radius 2 is 1.96 bits per heavy atom. The lowest BCUT2D eigenvalue weighted by molar-refractivity contribution is -0.141. The number of hydrogen-bond acceptors (Lipinski definition) is 5. The van der Waals surface area contributed by atoms with Gasteiger partial charge in [0.1, 0.15) is 0 Å². The van der Waals surface area contributed by atoms with E-state index in [1.54, 1.807) is 0 Å². The molecule has 5 nitrogen and oxygen atoms in total. The van der Waals surface area contributed by atoms with Crippen molar-refractivity contribution in [2.45, 2.75) is 31.8 Å². The van der Waals surface area contributed by atoms with Crippen LogP contribution < -0.4 is 0 Å². The van der Waals surface area contributed by atoms with E-state index in [9.17, 15) is 4.79 Å². The Bertz CT molecular complexity index is 531. The van der Waals surface area contributed by atoms with E-state index in [0.717, 1.165) is 52.4 Å². The largest absolute Gasteiger partial charge is 0.469 e. The zero-order chi connectivity index (χ0) is 17.5. The molecule has 25 heavy (non-hydrogen) atoms. The summed E-state index contributed by atoms with van der Waals surface area (Å²) in [5.74, 6) is 0.413. The van der Waals surface area contributed by atoms with Crippen molar-refractivity contribution in [2.24, 2.45) is 5.92 Å². The van der Waals surface area contributed by atoms with Gasteiger partial charge in [0.15, 0.2) is 0 Å². The number of rotatable bonds is 6. The first kappa shape index (κ1) is 18.4. The van der Waals surface area contributed by atoms with Crippen molar-refractivity contribution in [3.63, 3.8) is 0 Å². The molecule has 3 rings (SSSR count). The van der Waals surface area contributed by atoms with E-state index in [-0.39, 0.29) is 5.97 Å². The van der Waals surface area contributed by atoms with Crippen molar-refractivity contribution >= 4 is 5.97 Å². The second-order valence-corrected chi connectivity index (χ2v) is 7.10. The molecule has 0 radical (unpaired) electrons. The number of methoxy groups -OCH3 is 1. The van der Waals surface area contributed by atoms with Gasteiger partial charge < -0.3 is 9.47 Å².